The minimum Gasteiger partial charge on any atom is -0.550 e. The molecule has 0 aliphatic heterocycles. The molecule has 0 saturated carbocycles. The summed E-state index contributed by atoms with van der Waals surface area (Å²) in [4.78, 5) is 10.8. The van der Waals surface area contributed by atoms with Crippen LogP contribution >= 0.6 is 11.6 Å². The highest BCUT2D eigenvalue weighted by Gasteiger charge is 2.35. The molecule has 0 aromatic rings. The zero-order valence-corrected chi connectivity index (χ0v) is 10.8. The van der Waals surface area contributed by atoms with Crippen LogP contribution < -0.4 is 5.11 Å². The predicted molar refractivity (Wildman–Crippen MR) is 60.6 cm³/mol. The van der Waals surface area contributed by atoms with Gasteiger partial charge in [-0.25, -0.2) is 0 Å². The van der Waals surface area contributed by atoms with Gasteiger partial charge in [0.25, 0.3) is 0 Å². The van der Waals surface area contributed by atoms with Crippen LogP contribution in [0, 0.1) is 11.3 Å². The van der Waals surface area contributed by atoms with E-state index in [4.69, 9.17) is 11.6 Å². The lowest BCUT2D eigenvalue weighted by molar-refractivity contribution is -0.308. The monoisotopic (exact) mass is 279 g/mol. The van der Waals surface area contributed by atoms with Crippen LogP contribution in [-0.4, -0.2) is 12.6 Å². The maximum Gasteiger partial charge on any atom is 0.387 e. The van der Waals surface area contributed by atoms with E-state index < -0.39 is 18.0 Å². The quantitative estimate of drug-likeness (QED) is 0.776. The summed E-state index contributed by atoms with van der Waals surface area (Å²) < 4.78 is 28.4. The minimum absolute atomic E-state index is 0.0199. The Hall–Kier alpha value is -1.10. The predicted octanol–water partition coefficient (Wildman–Crippen LogP) is 2.42. The second kappa shape index (κ2) is 5.69. The summed E-state index contributed by atoms with van der Waals surface area (Å²) >= 11 is 5.90. The number of aliphatic carboxylic acids is 1. The summed E-state index contributed by atoms with van der Waals surface area (Å²) in [6, 6.07) is 0. The lowest BCUT2D eigenvalue weighted by Crippen LogP contribution is -2.36. The summed E-state index contributed by atoms with van der Waals surface area (Å²) in [7, 11) is 0. The van der Waals surface area contributed by atoms with Crippen LogP contribution in [0.3, 0.4) is 0 Å². The van der Waals surface area contributed by atoms with Gasteiger partial charge in [0.2, 0.25) is 0 Å². The number of allylic oxidation sites excluding steroid dienone is 3. The van der Waals surface area contributed by atoms with Crippen molar-refractivity contribution >= 4 is 17.6 Å². The second-order valence-corrected chi connectivity index (χ2v) is 5.05. The molecule has 0 aromatic heterocycles. The van der Waals surface area contributed by atoms with Crippen molar-refractivity contribution < 1.29 is 23.4 Å². The Morgan fingerprint density at radius 3 is 2.61 bits per heavy atom. The molecular weight excluding hydrogens is 266 g/mol. The van der Waals surface area contributed by atoms with Gasteiger partial charge in [-0.1, -0.05) is 31.5 Å². The van der Waals surface area contributed by atoms with E-state index in [0.29, 0.717) is 0 Å². The molecule has 0 bridgehead atoms. The van der Waals surface area contributed by atoms with E-state index in [2.05, 4.69) is 4.74 Å². The van der Waals surface area contributed by atoms with Crippen molar-refractivity contribution in [2.75, 3.05) is 0 Å². The molecule has 0 heterocycles. The molecule has 1 rings (SSSR count). The van der Waals surface area contributed by atoms with Crippen molar-refractivity contribution in [1.82, 2.24) is 0 Å². The summed E-state index contributed by atoms with van der Waals surface area (Å²) in [6.07, 6.45) is 2.82. The third kappa shape index (κ3) is 3.45. The number of carboxylic acid groups (broad SMARTS) is 1. The number of alkyl halides is 2. The van der Waals surface area contributed by atoms with Gasteiger partial charge in [-0.3, -0.25) is 0 Å². The number of halogens is 3. The molecule has 1 aliphatic rings. The molecule has 6 heteroatoms. The number of carbonyl (C=O) groups is 1. The summed E-state index contributed by atoms with van der Waals surface area (Å²) in [5.41, 5.74) is -0.717. The molecule has 1 atom stereocenters. The van der Waals surface area contributed by atoms with E-state index >= 15 is 0 Å². The van der Waals surface area contributed by atoms with Crippen molar-refractivity contribution in [3.8, 4) is 0 Å². The number of carboxylic acids is 1. The van der Waals surface area contributed by atoms with Gasteiger partial charge < -0.3 is 14.6 Å². The Morgan fingerprint density at radius 1 is 1.61 bits per heavy atom. The zero-order valence-electron chi connectivity index (χ0n) is 10.1. The fourth-order valence-electron chi connectivity index (χ4n) is 1.96. The van der Waals surface area contributed by atoms with E-state index in [-0.39, 0.29) is 29.6 Å². The summed E-state index contributed by atoms with van der Waals surface area (Å²) in [5, 5.41) is 10.9. The Balaban J connectivity index is 2.94. The van der Waals surface area contributed by atoms with Gasteiger partial charge >= 0.3 is 6.61 Å². The maximum atomic E-state index is 12.1. The van der Waals surface area contributed by atoms with Gasteiger partial charge in [0.15, 0.2) is 0 Å². The van der Waals surface area contributed by atoms with Crippen LogP contribution in [0.5, 0.6) is 0 Å². The molecule has 102 valence electrons. The van der Waals surface area contributed by atoms with Crippen LogP contribution in [0.1, 0.15) is 26.7 Å². The van der Waals surface area contributed by atoms with Crippen LogP contribution in [0.4, 0.5) is 8.78 Å². The largest absolute Gasteiger partial charge is 0.550 e. The van der Waals surface area contributed by atoms with Crippen LogP contribution in [0.25, 0.3) is 0 Å². The number of carbonyl (C=O) groups excluding carboxylic acids is 1. The second-order valence-electron chi connectivity index (χ2n) is 4.59. The highest BCUT2D eigenvalue weighted by Crippen LogP contribution is 2.44. The third-order valence-corrected chi connectivity index (χ3v) is 3.48. The summed E-state index contributed by atoms with van der Waals surface area (Å²) in [5.74, 6) is -1.33. The fraction of sp³-hybridized carbons (Fsp3) is 0.583. The fourth-order valence-corrected chi connectivity index (χ4v) is 2.31. The van der Waals surface area contributed by atoms with Crippen LogP contribution in [-0.2, 0) is 9.53 Å². The first kappa shape index (κ1) is 15.0. The third-order valence-electron chi connectivity index (χ3n) is 3.16. The molecule has 0 aromatic carbocycles. The summed E-state index contributed by atoms with van der Waals surface area (Å²) in [6.45, 7) is 0.735. The van der Waals surface area contributed by atoms with Gasteiger partial charge in [0, 0.05) is 11.4 Å². The smallest absolute Gasteiger partial charge is 0.387 e. The normalized spacial score (nSPS) is 23.9. The lowest BCUT2D eigenvalue weighted by atomic mass is 9.70. The minimum atomic E-state index is -2.95. The Labute approximate surface area is 109 Å². The van der Waals surface area contributed by atoms with Gasteiger partial charge in [-0.05, 0) is 24.8 Å². The van der Waals surface area contributed by atoms with Crippen molar-refractivity contribution in [3.63, 3.8) is 0 Å². The van der Waals surface area contributed by atoms with E-state index in [1.807, 2.05) is 13.8 Å². The molecule has 0 spiro atoms. The first-order valence-electron chi connectivity index (χ1n) is 5.49. The number of rotatable bonds is 5. The highest BCUT2D eigenvalue weighted by atomic mass is 35.5. The average molecular weight is 280 g/mol. The van der Waals surface area contributed by atoms with Gasteiger partial charge in [-0.2, -0.15) is 8.78 Å². The topological polar surface area (TPSA) is 49.4 Å². The lowest BCUT2D eigenvalue weighted by Gasteiger charge is -2.37. The SMILES string of the molecule is CC(C)C1(CC(=O)[O-])C=CC(OC(F)F)=C(Cl)C1. The van der Waals surface area contributed by atoms with E-state index in [1.165, 1.54) is 6.08 Å². The Morgan fingerprint density at radius 2 is 2.22 bits per heavy atom. The van der Waals surface area contributed by atoms with Gasteiger partial charge in [0.05, 0.1) is 5.03 Å². The number of hydrogen-bond donors (Lipinski definition) is 0. The molecule has 18 heavy (non-hydrogen) atoms. The zero-order chi connectivity index (χ0) is 13.9. The molecule has 1 unspecified atom stereocenters. The van der Waals surface area contributed by atoms with E-state index in [9.17, 15) is 18.7 Å². The first-order chi connectivity index (χ1) is 8.27. The van der Waals surface area contributed by atoms with E-state index in [1.54, 1.807) is 6.08 Å². The van der Waals surface area contributed by atoms with E-state index in [0.717, 1.165) is 0 Å². The van der Waals surface area contributed by atoms with Crippen LogP contribution in [0.15, 0.2) is 22.9 Å². The molecular formula is C12H14ClF2O3-. The molecule has 0 amide bonds. The molecule has 3 nitrogen and oxygen atoms in total. The van der Waals surface area contributed by atoms with Crippen molar-refractivity contribution in [1.29, 1.82) is 0 Å². The Kier molecular flexibility index (Phi) is 4.73. The van der Waals surface area contributed by atoms with Gasteiger partial charge in [-0.15, -0.1) is 0 Å². The standard InChI is InChI=1S/C12H15ClF2O3/c1-7(2)12(6-10(16)17)4-3-9(8(13)5-12)18-11(14)15/h3-4,7,11H,5-6H2,1-2H3,(H,16,17)/p-1. The van der Waals surface area contributed by atoms with Crippen LogP contribution in [0.2, 0.25) is 0 Å². The molecule has 0 N–H and O–H groups in total. The molecule has 1 aliphatic carbocycles. The van der Waals surface area contributed by atoms with Crippen molar-refractivity contribution in [2.45, 2.75) is 33.3 Å². The van der Waals surface area contributed by atoms with Crippen molar-refractivity contribution in [3.05, 3.63) is 22.9 Å². The number of hydrogen-bond acceptors (Lipinski definition) is 3. The van der Waals surface area contributed by atoms with Gasteiger partial charge in [0.1, 0.15) is 5.76 Å². The Bertz CT molecular complexity index is 391. The number of ether oxygens (including phenoxy) is 1. The highest BCUT2D eigenvalue weighted by molar-refractivity contribution is 6.30. The molecule has 0 radical (unpaired) electrons. The average Bonchev–Trinajstić information content (AvgIpc) is 2.20. The first-order valence-corrected chi connectivity index (χ1v) is 5.87. The molecule has 0 fully saturated rings. The maximum absolute atomic E-state index is 12.1. The van der Waals surface area contributed by atoms with Crippen molar-refractivity contribution in [2.24, 2.45) is 11.3 Å². The molecule has 0 saturated heterocycles.